The van der Waals surface area contributed by atoms with E-state index in [0.717, 1.165) is 17.0 Å². The lowest BCUT2D eigenvalue weighted by Gasteiger charge is -2.08. The first kappa shape index (κ1) is 23.3. The number of aromatic nitrogens is 3. The number of thiophene rings is 1. The second-order valence-electron chi connectivity index (χ2n) is 7.32. The molecule has 0 aliphatic heterocycles. The summed E-state index contributed by atoms with van der Waals surface area (Å²) in [4.78, 5) is 30.8. The molecule has 2 heterocycles. The number of rotatable bonds is 10. The third kappa shape index (κ3) is 5.75. The Morgan fingerprint density at radius 3 is 2.65 bits per heavy atom. The quantitative estimate of drug-likeness (QED) is 0.331. The van der Waals surface area contributed by atoms with Crippen molar-refractivity contribution in [2.24, 2.45) is 0 Å². The van der Waals surface area contributed by atoms with Gasteiger partial charge in [-0.1, -0.05) is 30.3 Å². The van der Waals surface area contributed by atoms with Gasteiger partial charge in [0.05, 0.1) is 10.6 Å². The highest BCUT2D eigenvalue weighted by molar-refractivity contribution is 7.13. The van der Waals surface area contributed by atoms with Crippen molar-refractivity contribution in [3.05, 3.63) is 83.5 Å². The first-order valence-electron chi connectivity index (χ1n) is 11.0. The van der Waals surface area contributed by atoms with Crippen molar-refractivity contribution in [1.29, 1.82) is 0 Å². The van der Waals surface area contributed by atoms with Crippen LogP contribution >= 0.6 is 11.3 Å². The number of ether oxygens (including phenoxy) is 1. The molecule has 4 aromatic rings. The van der Waals surface area contributed by atoms with Crippen LogP contribution in [0.4, 0.5) is 5.69 Å². The second kappa shape index (κ2) is 11.4. The summed E-state index contributed by atoms with van der Waals surface area (Å²) in [5.74, 6) is -0.0367. The molecular weight excluding hydrogens is 450 g/mol. The van der Waals surface area contributed by atoms with Crippen molar-refractivity contribution in [2.45, 2.75) is 13.3 Å². The van der Waals surface area contributed by atoms with E-state index in [0.29, 0.717) is 36.8 Å². The van der Waals surface area contributed by atoms with Gasteiger partial charge in [-0.3, -0.25) is 9.59 Å². The molecule has 2 aromatic carbocycles. The molecule has 8 nitrogen and oxygen atoms in total. The molecule has 0 atom stereocenters. The SMILES string of the molecule is CCOCCCNC(=O)c1cccc(NC(=O)c2nc(-c3cccs3)n(-c3ccccc3)n2)c1. The van der Waals surface area contributed by atoms with Crippen molar-refractivity contribution < 1.29 is 14.3 Å². The lowest BCUT2D eigenvalue weighted by Crippen LogP contribution is -2.25. The maximum Gasteiger partial charge on any atom is 0.295 e. The zero-order valence-electron chi connectivity index (χ0n) is 18.7. The van der Waals surface area contributed by atoms with Gasteiger partial charge in [0.15, 0.2) is 5.82 Å². The summed E-state index contributed by atoms with van der Waals surface area (Å²) in [6, 6.07) is 20.2. The largest absolute Gasteiger partial charge is 0.382 e. The summed E-state index contributed by atoms with van der Waals surface area (Å²) in [5, 5.41) is 12.1. The minimum Gasteiger partial charge on any atom is -0.382 e. The average Bonchev–Trinajstić information content (AvgIpc) is 3.55. The van der Waals surface area contributed by atoms with Gasteiger partial charge in [0.1, 0.15) is 0 Å². The van der Waals surface area contributed by atoms with Crippen molar-refractivity contribution >= 4 is 28.8 Å². The fourth-order valence-electron chi connectivity index (χ4n) is 3.27. The Balaban J connectivity index is 1.49. The van der Waals surface area contributed by atoms with Gasteiger partial charge in [-0.25, -0.2) is 9.67 Å². The number of para-hydroxylation sites is 1. The highest BCUT2D eigenvalue weighted by atomic mass is 32.1. The topological polar surface area (TPSA) is 98.1 Å². The number of hydrogen-bond donors (Lipinski definition) is 2. The fraction of sp³-hybridized carbons (Fsp3) is 0.200. The number of carbonyl (C=O) groups is 2. The van der Waals surface area contributed by atoms with Crippen molar-refractivity contribution in [3.8, 4) is 16.4 Å². The number of amides is 2. The molecule has 0 unspecified atom stereocenters. The predicted molar refractivity (Wildman–Crippen MR) is 133 cm³/mol. The molecule has 9 heteroatoms. The second-order valence-corrected chi connectivity index (χ2v) is 8.27. The number of hydrogen-bond acceptors (Lipinski definition) is 6. The number of anilines is 1. The van der Waals surface area contributed by atoms with E-state index in [9.17, 15) is 9.59 Å². The van der Waals surface area contributed by atoms with Gasteiger partial charge >= 0.3 is 0 Å². The highest BCUT2D eigenvalue weighted by Gasteiger charge is 2.20. The minimum absolute atomic E-state index is 0.0398. The normalized spacial score (nSPS) is 10.7. The number of carbonyl (C=O) groups excluding carboxylic acids is 2. The van der Waals surface area contributed by atoms with Crippen LogP contribution in [0.2, 0.25) is 0 Å². The summed E-state index contributed by atoms with van der Waals surface area (Å²) in [6.45, 7) is 3.71. The van der Waals surface area contributed by atoms with Crippen LogP contribution in [0.1, 0.15) is 34.3 Å². The van der Waals surface area contributed by atoms with E-state index in [1.165, 1.54) is 11.3 Å². The molecule has 0 saturated heterocycles. The van der Waals surface area contributed by atoms with Gasteiger partial charge < -0.3 is 15.4 Å². The van der Waals surface area contributed by atoms with E-state index in [-0.39, 0.29) is 11.7 Å². The number of nitrogens with zero attached hydrogens (tertiary/aromatic N) is 3. The van der Waals surface area contributed by atoms with Crippen LogP contribution in [0.25, 0.3) is 16.4 Å². The van der Waals surface area contributed by atoms with Crippen LogP contribution < -0.4 is 10.6 Å². The number of nitrogens with one attached hydrogen (secondary N) is 2. The molecular formula is C25H25N5O3S. The Morgan fingerprint density at radius 2 is 1.88 bits per heavy atom. The average molecular weight is 476 g/mol. The Labute approximate surface area is 201 Å². The van der Waals surface area contributed by atoms with Gasteiger partial charge in [-0.15, -0.1) is 16.4 Å². The zero-order chi connectivity index (χ0) is 23.8. The first-order chi connectivity index (χ1) is 16.7. The molecule has 174 valence electrons. The molecule has 2 N–H and O–H groups in total. The van der Waals surface area contributed by atoms with Crippen molar-refractivity contribution in [3.63, 3.8) is 0 Å². The molecule has 0 radical (unpaired) electrons. The van der Waals surface area contributed by atoms with Gasteiger partial charge in [-0.2, -0.15) is 0 Å². The summed E-state index contributed by atoms with van der Waals surface area (Å²) < 4.78 is 6.94. The Bertz CT molecular complexity index is 1240. The molecule has 2 aromatic heterocycles. The van der Waals surface area contributed by atoms with E-state index in [1.807, 2.05) is 54.8 Å². The van der Waals surface area contributed by atoms with Gasteiger partial charge in [0.25, 0.3) is 11.8 Å². The smallest absolute Gasteiger partial charge is 0.295 e. The fourth-order valence-corrected chi connectivity index (χ4v) is 3.97. The Hall–Kier alpha value is -3.82. The first-order valence-corrected chi connectivity index (χ1v) is 11.9. The van der Waals surface area contributed by atoms with E-state index in [2.05, 4.69) is 20.7 Å². The lowest BCUT2D eigenvalue weighted by molar-refractivity contribution is 0.0942. The molecule has 0 aliphatic rings. The standard InChI is InChI=1S/C25H25N5O3S/c1-2-33-15-8-14-26-24(31)18-9-6-10-19(17-18)27-25(32)22-28-23(21-13-7-16-34-21)30(29-22)20-11-4-3-5-12-20/h3-7,9-13,16-17H,2,8,14-15H2,1H3,(H,26,31)(H,27,32). The Kier molecular flexibility index (Phi) is 7.79. The molecule has 2 amide bonds. The van der Waals surface area contributed by atoms with Crippen LogP contribution in [0.3, 0.4) is 0 Å². The van der Waals surface area contributed by atoms with Crippen LogP contribution in [-0.4, -0.2) is 46.3 Å². The summed E-state index contributed by atoms with van der Waals surface area (Å²) >= 11 is 1.52. The maximum atomic E-state index is 13.0. The number of benzene rings is 2. The van der Waals surface area contributed by atoms with Gasteiger partial charge in [-0.05, 0) is 55.1 Å². The third-order valence-electron chi connectivity index (χ3n) is 4.89. The van der Waals surface area contributed by atoms with E-state index >= 15 is 0 Å². The van der Waals surface area contributed by atoms with Gasteiger partial charge in [0.2, 0.25) is 5.82 Å². The molecule has 34 heavy (non-hydrogen) atoms. The van der Waals surface area contributed by atoms with Crippen molar-refractivity contribution in [1.82, 2.24) is 20.1 Å². The summed E-state index contributed by atoms with van der Waals surface area (Å²) in [6.07, 6.45) is 0.734. The summed E-state index contributed by atoms with van der Waals surface area (Å²) in [7, 11) is 0. The van der Waals surface area contributed by atoms with Gasteiger partial charge in [0, 0.05) is 31.0 Å². The molecule has 0 fully saturated rings. The van der Waals surface area contributed by atoms with E-state index in [1.54, 1.807) is 28.9 Å². The summed E-state index contributed by atoms with van der Waals surface area (Å²) in [5.41, 5.74) is 1.75. The molecule has 0 aliphatic carbocycles. The van der Waals surface area contributed by atoms with E-state index in [4.69, 9.17) is 4.74 Å². The van der Waals surface area contributed by atoms with Crippen LogP contribution in [0.5, 0.6) is 0 Å². The third-order valence-corrected chi connectivity index (χ3v) is 5.76. The van der Waals surface area contributed by atoms with Crippen LogP contribution in [0, 0.1) is 0 Å². The van der Waals surface area contributed by atoms with Crippen LogP contribution in [0.15, 0.2) is 72.1 Å². The Morgan fingerprint density at radius 1 is 1.03 bits per heavy atom. The minimum atomic E-state index is -0.457. The molecule has 4 rings (SSSR count). The molecule has 0 bridgehead atoms. The lowest BCUT2D eigenvalue weighted by atomic mass is 10.2. The monoisotopic (exact) mass is 475 g/mol. The van der Waals surface area contributed by atoms with Crippen LogP contribution in [-0.2, 0) is 4.74 Å². The molecule has 0 saturated carbocycles. The highest BCUT2D eigenvalue weighted by Crippen LogP contribution is 2.25. The molecule has 0 spiro atoms. The zero-order valence-corrected chi connectivity index (χ0v) is 19.5. The predicted octanol–water partition coefficient (Wildman–Crippen LogP) is 4.40. The van der Waals surface area contributed by atoms with E-state index < -0.39 is 5.91 Å². The maximum absolute atomic E-state index is 13.0. The van der Waals surface area contributed by atoms with Crippen molar-refractivity contribution in [2.75, 3.05) is 25.1 Å².